The summed E-state index contributed by atoms with van der Waals surface area (Å²) in [7, 11) is 2.04. The Morgan fingerprint density at radius 3 is 2.74 bits per heavy atom. The lowest BCUT2D eigenvalue weighted by Gasteiger charge is -2.23. The van der Waals surface area contributed by atoms with E-state index >= 15 is 0 Å². The first-order chi connectivity index (χ1) is 8.95. The van der Waals surface area contributed by atoms with E-state index in [0.717, 1.165) is 13.0 Å². The van der Waals surface area contributed by atoms with Crippen LogP contribution in [0.15, 0.2) is 12.1 Å². The molecule has 6 heteroatoms. The van der Waals surface area contributed by atoms with Gasteiger partial charge in [-0.25, -0.2) is 4.98 Å². The number of hydrogen-bond donors (Lipinski definition) is 1. The zero-order valence-corrected chi connectivity index (χ0v) is 12.9. The Balaban J connectivity index is 2.47. The average Bonchev–Trinajstić information content (AvgIpc) is 2.37. The number of likely N-dealkylation sites (N-methyl/N-ethyl adjacent to an activating group) is 1. The molecule has 1 N–H and O–H groups in total. The number of carbonyl (C=O) groups excluding carboxylic acids is 1. The minimum Gasteiger partial charge on any atom is -0.351 e. The van der Waals surface area contributed by atoms with Crippen molar-refractivity contribution in [2.45, 2.75) is 26.3 Å². The summed E-state index contributed by atoms with van der Waals surface area (Å²) in [5.41, 5.74) is 0.345. The summed E-state index contributed by atoms with van der Waals surface area (Å²) in [5.74, 6) is -0.230. The van der Waals surface area contributed by atoms with Crippen molar-refractivity contribution in [1.82, 2.24) is 15.2 Å². The molecule has 1 atom stereocenters. The van der Waals surface area contributed by atoms with Crippen molar-refractivity contribution in [3.63, 3.8) is 0 Å². The fourth-order valence-corrected chi connectivity index (χ4v) is 1.99. The zero-order chi connectivity index (χ0) is 14.4. The summed E-state index contributed by atoms with van der Waals surface area (Å²) < 4.78 is 0. The van der Waals surface area contributed by atoms with Crippen molar-refractivity contribution in [2.75, 3.05) is 20.1 Å². The number of pyridine rings is 1. The molecule has 0 aliphatic rings. The van der Waals surface area contributed by atoms with Crippen molar-refractivity contribution in [1.29, 1.82) is 0 Å². The lowest BCUT2D eigenvalue weighted by atomic mass is 10.2. The molecule has 4 nitrogen and oxygen atoms in total. The van der Waals surface area contributed by atoms with Gasteiger partial charge in [-0.15, -0.1) is 0 Å². The second-order valence-electron chi connectivity index (χ2n) is 4.47. The van der Waals surface area contributed by atoms with Crippen molar-refractivity contribution >= 4 is 29.1 Å². The van der Waals surface area contributed by atoms with Crippen LogP contribution in [0.2, 0.25) is 10.3 Å². The molecule has 0 fully saturated rings. The summed E-state index contributed by atoms with van der Waals surface area (Å²) in [4.78, 5) is 17.9. The third-order valence-electron chi connectivity index (χ3n) is 3.15. The fourth-order valence-electron chi connectivity index (χ4n) is 1.55. The van der Waals surface area contributed by atoms with Crippen LogP contribution < -0.4 is 5.32 Å². The highest BCUT2D eigenvalue weighted by atomic mass is 35.5. The van der Waals surface area contributed by atoms with Gasteiger partial charge in [-0.05, 0) is 32.5 Å². The number of hydrogen-bond acceptors (Lipinski definition) is 3. The second-order valence-corrected chi connectivity index (χ2v) is 5.21. The van der Waals surface area contributed by atoms with E-state index in [1.165, 1.54) is 0 Å². The van der Waals surface area contributed by atoms with Crippen LogP contribution in [0.25, 0.3) is 0 Å². The van der Waals surface area contributed by atoms with Gasteiger partial charge in [0.1, 0.15) is 10.3 Å². The molecule has 0 aliphatic heterocycles. The summed E-state index contributed by atoms with van der Waals surface area (Å²) in [6.07, 6.45) is 1.08. The average molecular weight is 304 g/mol. The smallest absolute Gasteiger partial charge is 0.254 e. The van der Waals surface area contributed by atoms with E-state index in [-0.39, 0.29) is 16.2 Å². The topological polar surface area (TPSA) is 45.2 Å². The van der Waals surface area contributed by atoms with Crippen molar-refractivity contribution in [2.24, 2.45) is 0 Å². The Bertz CT molecular complexity index is 440. The molecule has 0 spiro atoms. The Morgan fingerprint density at radius 1 is 1.47 bits per heavy atom. The number of aromatic nitrogens is 1. The maximum atomic E-state index is 11.9. The number of amides is 1. The molecule has 1 aromatic heterocycles. The fraction of sp³-hybridized carbons (Fsp3) is 0.538. The van der Waals surface area contributed by atoms with Crippen molar-refractivity contribution in [3.8, 4) is 0 Å². The number of halogens is 2. The quantitative estimate of drug-likeness (QED) is 0.822. The molecule has 0 aromatic carbocycles. The van der Waals surface area contributed by atoms with E-state index < -0.39 is 0 Å². The summed E-state index contributed by atoms with van der Waals surface area (Å²) in [6.45, 7) is 5.65. The highest BCUT2D eigenvalue weighted by Crippen LogP contribution is 2.16. The van der Waals surface area contributed by atoms with E-state index in [0.29, 0.717) is 18.2 Å². The van der Waals surface area contributed by atoms with Gasteiger partial charge in [0.15, 0.2) is 0 Å². The molecule has 0 saturated carbocycles. The first-order valence-electron chi connectivity index (χ1n) is 6.26. The van der Waals surface area contributed by atoms with Gasteiger partial charge in [0, 0.05) is 19.1 Å². The molecule has 106 valence electrons. The van der Waals surface area contributed by atoms with Gasteiger partial charge in [-0.2, -0.15) is 0 Å². The van der Waals surface area contributed by atoms with Crippen LogP contribution in [0.4, 0.5) is 0 Å². The first-order valence-corrected chi connectivity index (χ1v) is 7.01. The Labute approximate surface area is 124 Å². The van der Waals surface area contributed by atoms with E-state index in [9.17, 15) is 4.79 Å². The standard InChI is InChI=1S/C13H19Cl2N3O/c1-4-9(2)18(3)8-7-16-13(19)10-5-6-11(14)17-12(10)15/h5-6,9H,4,7-8H2,1-3H3,(H,16,19). The predicted molar refractivity (Wildman–Crippen MR) is 79.0 cm³/mol. The van der Waals surface area contributed by atoms with Gasteiger partial charge in [0.05, 0.1) is 5.56 Å². The van der Waals surface area contributed by atoms with Crippen LogP contribution in [-0.4, -0.2) is 42.0 Å². The maximum absolute atomic E-state index is 11.9. The Kier molecular flexibility index (Phi) is 6.55. The first kappa shape index (κ1) is 16.2. The molecule has 1 unspecified atom stereocenters. The Morgan fingerprint density at radius 2 is 2.16 bits per heavy atom. The van der Waals surface area contributed by atoms with E-state index in [4.69, 9.17) is 23.2 Å². The molecule has 0 aliphatic carbocycles. The number of rotatable bonds is 6. The van der Waals surface area contributed by atoms with Crippen LogP contribution in [0.1, 0.15) is 30.6 Å². The van der Waals surface area contributed by atoms with E-state index in [1.807, 2.05) is 7.05 Å². The molecule has 0 radical (unpaired) electrons. The van der Waals surface area contributed by atoms with Gasteiger partial charge in [-0.1, -0.05) is 30.1 Å². The maximum Gasteiger partial charge on any atom is 0.254 e. The summed E-state index contributed by atoms with van der Waals surface area (Å²) >= 11 is 11.6. The lowest BCUT2D eigenvalue weighted by Crippen LogP contribution is -2.37. The van der Waals surface area contributed by atoms with E-state index in [1.54, 1.807) is 12.1 Å². The molecule has 1 aromatic rings. The normalized spacial score (nSPS) is 12.5. The van der Waals surface area contributed by atoms with Crippen molar-refractivity contribution < 1.29 is 4.79 Å². The highest BCUT2D eigenvalue weighted by molar-refractivity contribution is 6.34. The molecule has 1 rings (SSSR count). The summed E-state index contributed by atoms with van der Waals surface area (Å²) in [5, 5.41) is 3.22. The number of nitrogens with zero attached hydrogens (tertiary/aromatic N) is 2. The van der Waals surface area contributed by atoms with Crippen LogP contribution in [0.3, 0.4) is 0 Å². The van der Waals surface area contributed by atoms with Crippen LogP contribution in [0, 0.1) is 0 Å². The number of carbonyl (C=O) groups is 1. The Hall–Kier alpha value is -0.840. The van der Waals surface area contributed by atoms with Crippen molar-refractivity contribution in [3.05, 3.63) is 28.0 Å². The van der Waals surface area contributed by atoms with Gasteiger partial charge in [-0.3, -0.25) is 4.79 Å². The minimum atomic E-state index is -0.230. The minimum absolute atomic E-state index is 0.125. The van der Waals surface area contributed by atoms with Crippen LogP contribution in [-0.2, 0) is 0 Å². The third kappa shape index (κ3) is 4.97. The van der Waals surface area contributed by atoms with Gasteiger partial charge in [0.25, 0.3) is 5.91 Å². The summed E-state index contributed by atoms with van der Waals surface area (Å²) in [6, 6.07) is 3.62. The molecule has 0 bridgehead atoms. The molecule has 1 amide bonds. The molecular formula is C13H19Cl2N3O. The predicted octanol–water partition coefficient (Wildman–Crippen LogP) is 2.85. The zero-order valence-electron chi connectivity index (χ0n) is 11.4. The van der Waals surface area contributed by atoms with Gasteiger partial charge < -0.3 is 10.2 Å². The SMILES string of the molecule is CCC(C)N(C)CCNC(=O)c1ccc(Cl)nc1Cl. The lowest BCUT2D eigenvalue weighted by molar-refractivity contribution is 0.0947. The number of nitrogens with one attached hydrogen (secondary N) is 1. The monoisotopic (exact) mass is 303 g/mol. The van der Waals surface area contributed by atoms with E-state index in [2.05, 4.69) is 29.0 Å². The van der Waals surface area contributed by atoms with Gasteiger partial charge >= 0.3 is 0 Å². The van der Waals surface area contributed by atoms with Gasteiger partial charge in [0.2, 0.25) is 0 Å². The molecule has 19 heavy (non-hydrogen) atoms. The highest BCUT2D eigenvalue weighted by Gasteiger charge is 2.12. The molecular weight excluding hydrogens is 285 g/mol. The van der Waals surface area contributed by atoms with Crippen LogP contribution in [0.5, 0.6) is 0 Å². The van der Waals surface area contributed by atoms with Crippen LogP contribution >= 0.6 is 23.2 Å². The molecule has 0 saturated heterocycles. The second kappa shape index (κ2) is 7.68. The largest absolute Gasteiger partial charge is 0.351 e. The molecule has 1 heterocycles. The third-order valence-corrected chi connectivity index (χ3v) is 3.65.